The zero-order chi connectivity index (χ0) is 11.3. The highest BCUT2D eigenvalue weighted by Crippen LogP contribution is 2.25. The van der Waals surface area contributed by atoms with Gasteiger partial charge in [-0.15, -0.1) is 0 Å². The minimum atomic E-state index is 0.660. The number of methoxy groups -OCH3 is 1. The molecule has 0 aliphatic carbocycles. The molecule has 0 aromatic heterocycles. The quantitative estimate of drug-likeness (QED) is 0.718. The average Bonchev–Trinajstić information content (AvgIpc) is 2.24. The molecule has 0 atom stereocenters. The van der Waals surface area contributed by atoms with Gasteiger partial charge in [-0.1, -0.05) is 12.1 Å². The zero-order valence-electron chi connectivity index (χ0n) is 9.76. The fraction of sp³-hybridized carbons (Fsp3) is 0.500. The van der Waals surface area contributed by atoms with Crippen molar-refractivity contribution in [1.29, 1.82) is 0 Å². The average molecular weight is 208 g/mol. The summed E-state index contributed by atoms with van der Waals surface area (Å²) < 4.78 is 5.42. The van der Waals surface area contributed by atoms with E-state index in [1.54, 1.807) is 7.11 Å². The molecule has 0 unspecified atom stereocenters. The fourth-order valence-electron chi connectivity index (χ4n) is 1.59. The van der Waals surface area contributed by atoms with Gasteiger partial charge in [-0.05, 0) is 25.0 Å². The van der Waals surface area contributed by atoms with E-state index in [2.05, 4.69) is 31.3 Å². The van der Waals surface area contributed by atoms with Crippen molar-refractivity contribution in [2.45, 2.75) is 20.4 Å². The van der Waals surface area contributed by atoms with Gasteiger partial charge in [-0.25, -0.2) is 0 Å². The third kappa shape index (κ3) is 2.94. The number of rotatable bonds is 5. The Morgan fingerprint density at radius 3 is 2.67 bits per heavy atom. The first-order valence-corrected chi connectivity index (χ1v) is 5.24. The predicted octanol–water partition coefficient (Wildman–Crippen LogP) is 1.36. The normalized spacial score (nSPS) is 10.4. The summed E-state index contributed by atoms with van der Waals surface area (Å²) in [5, 5.41) is 3.27. The number of hydrogen-bond donors (Lipinski definition) is 2. The van der Waals surface area contributed by atoms with Crippen molar-refractivity contribution in [3.05, 3.63) is 28.8 Å². The minimum Gasteiger partial charge on any atom is -0.496 e. The molecule has 0 spiro atoms. The Labute approximate surface area is 91.6 Å². The SMILES string of the molecule is COc1c(CNCCN)ccc(C)c1C. The van der Waals surface area contributed by atoms with Crippen LogP contribution < -0.4 is 15.8 Å². The lowest BCUT2D eigenvalue weighted by atomic mass is 10.0. The molecule has 3 nitrogen and oxygen atoms in total. The molecule has 3 heteroatoms. The van der Waals surface area contributed by atoms with Crippen LogP contribution in [0.15, 0.2) is 12.1 Å². The van der Waals surface area contributed by atoms with Gasteiger partial charge in [-0.2, -0.15) is 0 Å². The van der Waals surface area contributed by atoms with Gasteiger partial charge in [-0.3, -0.25) is 0 Å². The summed E-state index contributed by atoms with van der Waals surface area (Å²) in [5.41, 5.74) is 9.08. The molecule has 0 saturated carbocycles. The second kappa shape index (κ2) is 5.73. The molecule has 1 aromatic carbocycles. The molecule has 1 rings (SSSR count). The Kier molecular flexibility index (Phi) is 4.59. The van der Waals surface area contributed by atoms with Crippen LogP contribution in [0.1, 0.15) is 16.7 Å². The van der Waals surface area contributed by atoms with Crippen molar-refractivity contribution in [3.63, 3.8) is 0 Å². The van der Waals surface area contributed by atoms with Crippen molar-refractivity contribution in [2.75, 3.05) is 20.2 Å². The van der Waals surface area contributed by atoms with Crippen LogP contribution in [0.2, 0.25) is 0 Å². The van der Waals surface area contributed by atoms with Crippen LogP contribution in [0.3, 0.4) is 0 Å². The highest BCUT2D eigenvalue weighted by atomic mass is 16.5. The molecular formula is C12H20N2O. The predicted molar refractivity (Wildman–Crippen MR) is 63.2 cm³/mol. The van der Waals surface area contributed by atoms with E-state index in [9.17, 15) is 0 Å². The van der Waals surface area contributed by atoms with E-state index in [0.29, 0.717) is 6.54 Å². The smallest absolute Gasteiger partial charge is 0.126 e. The first-order chi connectivity index (χ1) is 7.20. The summed E-state index contributed by atoms with van der Waals surface area (Å²) in [5.74, 6) is 0.986. The summed E-state index contributed by atoms with van der Waals surface area (Å²) in [6.07, 6.45) is 0. The summed E-state index contributed by atoms with van der Waals surface area (Å²) in [4.78, 5) is 0. The Bertz CT molecular complexity index is 324. The van der Waals surface area contributed by atoms with Crippen LogP contribution in [-0.4, -0.2) is 20.2 Å². The molecule has 0 amide bonds. The lowest BCUT2D eigenvalue weighted by Gasteiger charge is -2.13. The molecule has 15 heavy (non-hydrogen) atoms. The Morgan fingerprint density at radius 2 is 2.07 bits per heavy atom. The largest absolute Gasteiger partial charge is 0.496 e. The Balaban J connectivity index is 2.83. The van der Waals surface area contributed by atoms with Crippen LogP contribution in [0.4, 0.5) is 0 Å². The lowest BCUT2D eigenvalue weighted by molar-refractivity contribution is 0.404. The van der Waals surface area contributed by atoms with Crippen molar-refractivity contribution in [2.24, 2.45) is 5.73 Å². The van der Waals surface area contributed by atoms with Crippen molar-refractivity contribution < 1.29 is 4.74 Å². The second-order valence-electron chi connectivity index (χ2n) is 3.67. The Morgan fingerprint density at radius 1 is 1.33 bits per heavy atom. The fourth-order valence-corrected chi connectivity index (χ4v) is 1.59. The van der Waals surface area contributed by atoms with Crippen LogP contribution in [-0.2, 0) is 6.54 Å². The van der Waals surface area contributed by atoms with Gasteiger partial charge in [0.2, 0.25) is 0 Å². The minimum absolute atomic E-state index is 0.660. The summed E-state index contributed by atoms with van der Waals surface area (Å²) >= 11 is 0. The molecule has 0 heterocycles. The number of ether oxygens (including phenoxy) is 1. The van der Waals surface area contributed by atoms with E-state index in [4.69, 9.17) is 10.5 Å². The topological polar surface area (TPSA) is 47.3 Å². The summed E-state index contributed by atoms with van der Waals surface area (Å²) in [6, 6.07) is 4.22. The number of benzene rings is 1. The second-order valence-corrected chi connectivity index (χ2v) is 3.67. The molecule has 3 N–H and O–H groups in total. The molecule has 84 valence electrons. The lowest BCUT2D eigenvalue weighted by Crippen LogP contribution is -2.22. The van der Waals surface area contributed by atoms with Crippen molar-refractivity contribution in [1.82, 2.24) is 5.32 Å². The monoisotopic (exact) mass is 208 g/mol. The van der Waals surface area contributed by atoms with E-state index < -0.39 is 0 Å². The van der Waals surface area contributed by atoms with Crippen molar-refractivity contribution in [3.8, 4) is 5.75 Å². The van der Waals surface area contributed by atoms with Gasteiger partial charge in [0, 0.05) is 25.2 Å². The van der Waals surface area contributed by atoms with Crippen LogP contribution in [0.25, 0.3) is 0 Å². The zero-order valence-corrected chi connectivity index (χ0v) is 9.76. The standard InChI is InChI=1S/C12H20N2O/c1-9-4-5-11(8-14-7-6-13)12(15-3)10(9)2/h4-5,14H,6-8,13H2,1-3H3. The third-order valence-electron chi connectivity index (χ3n) is 2.60. The van der Waals surface area contributed by atoms with Gasteiger partial charge in [0.15, 0.2) is 0 Å². The van der Waals surface area contributed by atoms with E-state index in [-0.39, 0.29) is 0 Å². The first-order valence-electron chi connectivity index (χ1n) is 5.24. The van der Waals surface area contributed by atoms with Crippen LogP contribution in [0, 0.1) is 13.8 Å². The highest BCUT2D eigenvalue weighted by Gasteiger charge is 2.07. The van der Waals surface area contributed by atoms with Gasteiger partial charge in [0.1, 0.15) is 5.75 Å². The molecule has 0 aliphatic rings. The van der Waals surface area contributed by atoms with Gasteiger partial charge in [0.05, 0.1) is 7.11 Å². The van der Waals surface area contributed by atoms with Gasteiger partial charge >= 0.3 is 0 Å². The first kappa shape index (κ1) is 12.0. The molecule has 0 fully saturated rings. The number of aryl methyl sites for hydroxylation is 1. The summed E-state index contributed by atoms with van der Waals surface area (Å²) in [7, 11) is 1.72. The van der Waals surface area contributed by atoms with E-state index in [0.717, 1.165) is 18.8 Å². The summed E-state index contributed by atoms with van der Waals surface area (Å²) in [6.45, 7) is 6.47. The molecule has 1 aromatic rings. The Hall–Kier alpha value is -1.06. The number of nitrogens with two attached hydrogens (primary N) is 1. The van der Waals surface area contributed by atoms with E-state index in [1.807, 2.05) is 0 Å². The maximum atomic E-state index is 5.42. The third-order valence-corrected chi connectivity index (χ3v) is 2.60. The van der Waals surface area contributed by atoms with E-state index in [1.165, 1.54) is 16.7 Å². The van der Waals surface area contributed by atoms with E-state index >= 15 is 0 Å². The van der Waals surface area contributed by atoms with Crippen LogP contribution in [0.5, 0.6) is 5.75 Å². The van der Waals surface area contributed by atoms with Gasteiger partial charge < -0.3 is 15.8 Å². The highest BCUT2D eigenvalue weighted by molar-refractivity contribution is 5.45. The van der Waals surface area contributed by atoms with Crippen LogP contribution >= 0.6 is 0 Å². The van der Waals surface area contributed by atoms with Crippen molar-refractivity contribution >= 4 is 0 Å². The molecule has 0 aliphatic heterocycles. The maximum absolute atomic E-state index is 5.42. The molecular weight excluding hydrogens is 188 g/mol. The van der Waals surface area contributed by atoms with Gasteiger partial charge in [0.25, 0.3) is 0 Å². The molecule has 0 bridgehead atoms. The number of hydrogen-bond acceptors (Lipinski definition) is 3. The molecule has 0 radical (unpaired) electrons. The molecule has 0 saturated heterocycles. The number of nitrogens with one attached hydrogen (secondary N) is 1. The maximum Gasteiger partial charge on any atom is 0.126 e.